The Morgan fingerprint density at radius 1 is 1.50 bits per heavy atom. The molecule has 6 heteroatoms. The van der Waals surface area contributed by atoms with E-state index >= 15 is 0 Å². The van der Waals surface area contributed by atoms with Gasteiger partial charge in [0, 0.05) is 5.69 Å². The molecule has 1 saturated heterocycles. The molecule has 6 nitrogen and oxygen atoms in total. The minimum absolute atomic E-state index is 0.0253. The summed E-state index contributed by atoms with van der Waals surface area (Å²) < 4.78 is 4.93. The molecule has 1 amide bonds. The van der Waals surface area contributed by atoms with Gasteiger partial charge in [-0.05, 0) is 44.0 Å². The van der Waals surface area contributed by atoms with Crippen molar-refractivity contribution < 1.29 is 9.21 Å². The van der Waals surface area contributed by atoms with Crippen molar-refractivity contribution in [2.75, 3.05) is 11.9 Å². The van der Waals surface area contributed by atoms with Crippen LogP contribution in [0.5, 0.6) is 0 Å². The van der Waals surface area contributed by atoms with Gasteiger partial charge in [0.15, 0.2) is 5.58 Å². The molecule has 1 aromatic heterocycles. The van der Waals surface area contributed by atoms with Crippen LogP contribution >= 0.6 is 0 Å². The van der Waals surface area contributed by atoms with Gasteiger partial charge in [-0.25, -0.2) is 4.79 Å². The smallest absolute Gasteiger partial charge is 0.408 e. The summed E-state index contributed by atoms with van der Waals surface area (Å²) in [4.78, 5) is 26.1. The summed E-state index contributed by atoms with van der Waals surface area (Å²) in [6, 6.07) is 5.11. The molecule has 20 heavy (non-hydrogen) atoms. The van der Waals surface area contributed by atoms with Crippen LogP contribution in [0.1, 0.15) is 26.2 Å². The molecule has 106 valence electrons. The molecular formula is C14H17N3O3. The second-order valence-corrected chi connectivity index (χ2v) is 5.15. The van der Waals surface area contributed by atoms with E-state index in [1.54, 1.807) is 18.2 Å². The van der Waals surface area contributed by atoms with E-state index < -0.39 is 11.3 Å². The number of benzene rings is 1. The summed E-state index contributed by atoms with van der Waals surface area (Å²) >= 11 is 0. The van der Waals surface area contributed by atoms with Gasteiger partial charge < -0.3 is 15.1 Å². The monoisotopic (exact) mass is 275 g/mol. The number of amides is 1. The molecule has 1 fully saturated rings. The summed E-state index contributed by atoms with van der Waals surface area (Å²) in [7, 11) is 0. The third kappa shape index (κ3) is 2.12. The first kappa shape index (κ1) is 12.9. The second-order valence-electron chi connectivity index (χ2n) is 5.15. The summed E-state index contributed by atoms with van der Waals surface area (Å²) in [5, 5.41) is 6.20. The van der Waals surface area contributed by atoms with Crippen molar-refractivity contribution in [1.29, 1.82) is 0 Å². The molecule has 0 aliphatic carbocycles. The van der Waals surface area contributed by atoms with Gasteiger partial charge in [-0.2, -0.15) is 0 Å². The van der Waals surface area contributed by atoms with Crippen molar-refractivity contribution in [2.24, 2.45) is 0 Å². The molecule has 0 radical (unpaired) electrons. The van der Waals surface area contributed by atoms with Crippen molar-refractivity contribution >= 4 is 22.7 Å². The van der Waals surface area contributed by atoms with Crippen molar-refractivity contribution in [3.63, 3.8) is 0 Å². The van der Waals surface area contributed by atoms with Crippen molar-refractivity contribution in [3.8, 4) is 0 Å². The minimum Gasteiger partial charge on any atom is -0.408 e. The highest BCUT2D eigenvalue weighted by Crippen LogP contribution is 2.25. The Morgan fingerprint density at radius 2 is 2.35 bits per heavy atom. The van der Waals surface area contributed by atoms with Crippen LogP contribution in [0, 0.1) is 0 Å². The number of H-pyrrole nitrogens is 1. The number of fused-ring (bicyclic) bond motifs is 1. The number of oxazole rings is 1. The van der Waals surface area contributed by atoms with Gasteiger partial charge in [0.1, 0.15) is 0 Å². The third-order valence-electron chi connectivity index (χ3n) is 3.96. The number of anilines is 1. The van der Waals surface area contributed by atoms with Gasteiger partial charge in [-0.3, -0.25) is 9.78 Å². The van der Waals surface area contributed by atoms with Crippen molar-refractivity contribution in [1.82, 2.24) is 10.3 Å². The summed E-state index contributed by atoms with van der Waals surface area (Å²) in [5.41, 5.74) is 1.25. The fraction of sp³-hybridized carbons (Fsp3) is 0.429. The highest BCUT2D eigenvalue weighted by atomic mass is 16.4. The van der Waals surface area contributed by atoms with E-state index in [-0.39, 0.29) is 5.91 Å². The van der Waals surface area contributed by atoms with Crippen LogP contribution in [-0.4, -0.2) is 23.0 Å². The predicted molar refractivity (Wildman–Crippen MR) is 75.7 cm³/mol. The molecule has 1 aliphatic heterocycles. The summed E-state index contributed by atoms with van der Waals surface area (Å²) in [6.07, 6.45) is 2.61. The molecule has 1 unspecified atom stereocenters. The predicted octanol–water partition coefficient (Wildman–Crippen LogP) is 1.59. The molecule has 3 rings (SSSR count). The van der Waals surface area contributed by atoms with Crippen LogP contribution < -0.4 is 16.4 Å². The van der Waals surface area contributed by atoms with E-state index in [0.29, 0.717) is 16.8 Å². The lowest BCUT2D eigenvalue weighted by molar-refractivity contribution is -0.122. The zero-order valence-corrected chi connectivity index (χ0v) is 11.3. The van der Waals surface area contributed by atoms with E-state index in [9.17, 15) is 9.59 Å². The van der Waals surface area contributed by atoms with Gasteiger partial charge in [0.25, 0.3) is 0 Å². The SMILES string of the molecule is CCC1(C(=O)Nc2ccc3oc(=O)[nH]c3c2)CCCN1. The third-order valence-corrected chi connectivity index (χ3v) is 3.96. The Kier molecular flexibility index (Phi) is 3.10. The second kappa shape index (κ2) is 4.79. The van der Waals surface area contributed by atoms with Crippen LogP contribution in [0.15, 0.2) is 27.4 Å². The Hall–Kier alpha value is -2.08. The highest BCUT2D eigenvalue weighted by Gasteiger charge is 2.39. The highest BCUT2D eigenvalue weighted by molar-refractivity contribution is 5.99. The van der Waals surface area contributed by atoms with E-state index in [4.69, 9.17) is 4.42 Å². The van der Waals surface area contributed by atoms with E-state index in [1.165, 1.54) is 0 Å². The first-order valence-corrected chi connectivity index (χ1v) is 6.82. The first-order valence-electron chi connectivity index (χ1n) is 6.82. The number of rotatable bonds is 3. The topological polar surface area (TPSA) is 87.1 Å². The number of aromatic nitrogens is 1. The fourth-order valence-corrected chi connectivity index (χ4v) is 2.74. The van der Waals surface area contributed by atoms with Crippen molar-refractivity contribution in [3.05, 3.63) is 28.7 Å². The Bertz CT molecular complexity index is 695. The van der Waals surface area contributed by atoms with E-state index in [1.807, 2.05) is 6.92 Å². The minimum atomic E-state index is -0.494. The van der Waals surface area contributed by atoms with Gasteiger partial charge in [0.05, 0.1) is 11.1 Å². The quantitative estimate of drug-likeness (QED) is 0.794. The lowest BCUT2D eigenvalue weighted by Gasteiger charge is -2.26. The van der Waals surface area contributed by atoms with Crippen LogP contribution in [0.2, 0.25) is 0 Å². The lowest BCUT2D eigenvalue weighted by atomic mass is 9.93. The maximum atomic E-state index is 12.4. The molecule has 3 N–H and O–H groups in total. The van der Waals surface area contributed by atoms with Crippen molar-refractivity contribution in [2.45, 2.75) is 31.7 Å². The lowest BCUT2D eigenvalue weighted by Crippen LogP contribution is -2.50. The molecular weight excluding hydrogens is 258 g/mol. The molecule has 1 aliphatic rings. The number of hydrogen-bond donors (Lipinski definition) is 3. The molecule has 0 bridgehead atoms. The summed E-state index contributed by atoms with van der Waals surface area (Å²) in [5.74, 6) is -0.520. The fourth-order valence-electron chi connectivity index (χ4n) is 2.74. The number of hydrogen-bond acceptors (Lipinski definition) is 4. The molecule has 0 spiro atoms. The molecule has 1 aromatic carbocycles. The normalized spacial score (nSPS) is 22.2. The number of carbonyl (C=O) groups is 1. The van der Waals surface area contributed by atoms with Crippen LogP contribution in [0.25, 0.3) is 11.1 Å². The largest absolute Gasteiger partial charge is 0.417 e. The molecule has 2 aromatic rings. The van der Waals surface area contributed by atoms with Gasteiger partial charge in [0.2, 0.25) is 5.91 Å². The Morgan fingerprint density at radius 3 is 3.05 bits per heavy atom. The first-order chi connectivity index (χ1) is 9.63. The van der Waals surface area contributed by atoms with Gasteiger partial charge in [-0.15, -0.1) is 0 Å². The number of nitrogens with one attached hydrogen (secondary N) is 3. The van der Waals surface area contributed by atoms with E-state index in [0.717, 1.165) is 25.8 Å². The van der Waals surface area contributed by atoms with Crippen LogP contribution in [-0.2, 0) is 4.79 Å². The Labute approximate surface area is 115 Å². The van der Waals surface area contributed by atoms with Crippen LogP contribution in [0.3, 0.4) is 0 Å². The zero-order chi connectivity index (χ0) is 14.2. The number of carbonyl (C=O) groups excluding carboxylic acids is 1. The molecule has 0 saturated carbocycles. The Balaban J connectivity index is 1.85. The molecule has 2 heterocycles. The zero-order valence-electron chi connectivity index (χ0n) is 11.3. The average molecular weight is 275 g/mol. The van der Waals surface area contributed by atoms with Gasteiger partial charge in [-0.1, -0.05) is 6.92 Å². The maximum absolute atomic E-state index is 12.4. The maximum Gasteiger partial charge on any atom is 0.417 e. The van der Waals surface area contributed by atoms with Crippen LogP contribution in [0.4, 0.5) is 5.69 Å². The average Bonchev–Trinajstić information content (AvgIpc) is 3.04. The standard InChI is InChI=1S/C14H17N3O3/c1-2-14(6-3-7-15-14)12(18)16-9-4-5-11-10(8-9)17-13(19)20-11/h4-5,8,15H,2-3,6-7H2,1H3,(H,16,18)(H,17,19). The number of aromatic amines is 1. The molecule has 1 atom stereocenters. The van der Waals surface area contributed by atoms with Gasteiger partial charge >= 0.3 is 5.76 Å². The van der Waals surface area contributed by atoms with E-state index in [2.05, 4.69) is 15.6 Å². The summed E-state index contributed by atoms with van der Waals surface area (Å²) in [6.45, 7) is 2.88.